The molecule has 0 aliphatic rings. The molecular formula is C15H12Cl3NS2. The maximum atomic E-state index is 6.24. The summed E-state index contributed by atoms with van der Waals surface area (Å²) in [6.45, 7) is 0. The van der Waals surface area contributed by atoms with Gasteiger partial charge in [-0.25, -0.2) is 0 Å². The zero-order valence-electron chi connectivity index (χ0n) is 10.9. The standard InChI is InChI=1S/C15H12Cl3NS2/c16-11-4-1-9(2-5-11)14(21-15(19)20)7-10-3-6-12(17)8-13(10)18/h1-6,8,14H,7H2,(H2,19,20). The van der Waals surface area contributed by atoms with Gasteiger partial charge in [-0.1, -0.05) is 77.0 Å². The third-order valence-electron chi connectivity index (χ3n) is 2.92. The van der Waals surface area contributed by atoms with Gasteiger partial charge in [-0.15, -0.1) is 0 Å². The summed E-state index contributed by atoms with van der Waals surface area (Å²) < 4.78 is 0.403. The molecule has 21 heavy (non-hydrogen) atoms. The highest BCUT2D eigenvalue weighted by Gasteiger charge is 2.16. The molecule has 2 N–H and O–H groups in total. The van der Waals surface area contributed by atoms with Crippen molar-refractivity contribution in [3.05, 3.63) is 68.7 Å². The molecule has 2 rings (SSSR count). The average Bonchev–Trinajstić information content (AvgIpc) is 2.41. The Hall–Kier alpha value is -0.450. The normalized spacial score (nSPS) is 12.1. The van der Waals surface area contributed by atoms with Crippen LogP contribution < -0.4 is 5.73 Å². The van der Waals surface area contributed by atoms with Gasteiger partial charge in [-0.05, 0) is 41.8 Å². The molecule has 2 aromatic rings. The minimum absolute atomic E-state index is 0.0819. The van der Waals surface area contributed by atoms with E-state index in [2.05, 4.69) is 0 Å². The van der Waals surface area contributed by atoms with Crippen LogP contribution in [0.5, 0.6) is 0 Å². The number of halogens is 3. The lowest BCUT2D eigenvalue weighted by atomic mass is 10.0. The van der Waals surface area contributed by atoms with Crippen molar-refractivity contribution in [3.63, 3.8) is 0 Å². The van der Waals surface area contributed by atoms with Gasteiger partial charge in [0.2, 0.25) is 0 Å². The molecule has 0 fully saturated rings. The highest BCUT2D eigenvalue weighted by molar-refractivity contribution is 8.23. The Morgan fingerprint density at radius 3 is 2.24 bits per heavy atom. The summed E-state index contributed by atoms with van der Waals surface area (Å²) >= 11 is 24.6. The van der Waals surface area contributed by atoms with Crippen molar-refractivity contribution in [3.8, 4) is 0 Å². The fourth-order valence-electron chi connectivity index (χ4n) is 1.93. The number of hydrogen-bond donors (Lipinski definition) is 1. The number of nitrogens with two attached hydrogens (primary N) is 1. The summed E-state index contributed by atoms with van der Waals surface area (Å²) in [6, 6.07) is 13.1. The lowest BCUT2D eigenvalue weighted by Crippen LogP contribution is -2.08. The predicted octanol–water partition coefficient (Wildman–Crippen LogP) is 5.91. The Labute approximate surface area is 148 Å². The van der Waals surface area contributed by atoms with Gasteiger partial charge in [0.25, 0.3) is 0 Å². The Balaban J connectivity index is 2.27. The van der Waals surface area contributed by atoms with Crippen LogP contribution in [-0.2, 0) is 6.42 Å². The van der Waals surface area contributed by atoms with Crippen LogP contribution >= 0.6 is 58.8 Å². The first-order valence-corrected chi connectivity index (χ1v) is 8.53. The second kappa shape index (κ2) is 7.70. The molecule has 0 saturated heterocycles. The fraction of sp³-hybridized carbons (Fsp3) is 0.133. The van der Waals surface area contributed by atoms with Gasteiger partial charge < -0.3 is 5.73 Å². The van der Waals surface area contributed by atoms with E-state index in [1.54, 1.807) is 6.07 Å². The van der Waals surface area contributed by atoms with E-state index in [4.69, 9.17) is 52.8 Å². The Morgan fingerprint density at radius 1 is 1.05 bits per heavy atom. The van der Waals surface area contributed by atoms with Gasteiger partial charge in [0, 0.05) is 20.3 Å². The number of benzene rings is 2. The van der Waals surface area contributed by atoms with Gasteiger partial charge in [0.05, 0.1) is 0 Å². The second-order valence-corrected chi connectivity index (χ2v) is 7.64. The molecule has 1 unspecified atom stereocenters. The third-order valence-corrected chi connectivity index (χ3v) is 5.00. The maximum Gasteiger partial charge on any atom is 0.131 e. The predicted molar refractivity (Wildman–Crippen MR) is 98.7 cm³/mol. The number of hydrogen-bond acceptors (Lipinski definition) is 2. The number of thiocarbonyl (C=S) groups is 1. The van der Waals surface area contributed by atoms with Gasteiger partial charge >= 0.3 is 0 Å². The zero-order valence-corrected chi connectivity index (χ0v) is 14.8. The van der Waals surface area contributed by atoms with Gasteiger partial charge in [0.15, 0.2) is 0 Å². The Bertz CT molecular complexity index is 644. The summed E-state index contributed by atoms with van der Waals surface area (Å²) in [7, 11) is 0. The van der Waals surface area contributed by atoms with Crippen molar-refractivity contribution in [2.75, 3.05) is 0 Å². The van der Waals surface area contributed by atoms with Crippen molar-refractivity contribution in [2.24, 2.45) is 5.73 Å². The molecule has 0 bridgehead atoms. The van der Waals surface area contributed by atoms with E-state index < -0.39 is 0 Å². The summed E-state index contributed by atoms with van der Waals surface area (Å²) in [4.78, 5) is 0. The first kappa shape index (κ1) is 16.9. The Morgan fingerprint density at radius 2 is 1.67 bits per heavy atom. The molecule has 0 aliphatic carbocycles. The lowest BCUT2D eigenvalue weighted by molar-refractivity contribution is 0.937. The average molecular weight is 377 g/mol. The van der Waals surface area contributed by atoms with Crippen molar-refractivity contribution in [1.29, 1.82) is 0 Å². The SMILES string of the molecule is NC(=S)SC(Cc1ccc(Cl)cc1Cl)c1ccc(Cl)cc1. The molecule has 6 heteroatoms. The molecule has 2 aromatic carbocycles. The van der Waals surface area contributed by atoms with Crippen molar-refractivity contribution < 1.29 is 0 Å². The van der Waals surface area contributed by atoms with Crippen molar-refractivity contribution in [1.82, 2.24) is 0 Å². The number of thioether (sulfide) groups is 1. The summed E-state index contributed by atoms with van der Waals surface area (Å²) in [5, 5.41) is 2.04. The van der Waals surface area contributed by atoms with Gasteiger partial charge in [0.1, 0.15) is 4.32 Å². The molecule has 0 amide bonds. The van der Waals surface area contributed by atoms with Gasteiger partial charge in [-0.3, -0.25) is 0 Å². The van der Waals surface area contributed by atoms with Crippen LogP contribution in [0, 0.1) is 0 Å². The highest BCUT2D eigenvalue weighted by Crippen LogP contribution is 2.35. The summed E-state index contributed by atoms with van der Waals surface area (Å²) in [5.41, 5.74) is 7.80. The molecule has 0 radical (unpaired) electrons. The summed E-state index contributed by atoms with van der Waals surface area (Å²) in [5.74, 6) is 0. The minimum Gasteiger partial charge on any atom is -0.385 e. The van der Waals surface area contributed by atoms with Crippen LogP contribution in [0.2, 0.25) is 15.1 Å². The smallest absolute Gasteiger partial charge is 0.131 e. The van der Waals surface area contributed by atoms with E-state index in [1.807, 2.05) is 36.4 Å². The van der Waals surface area contributed by atoms with Crippen LogP contribution in [-0.4, -0.2) is 4.32 Å². The van der Waals surface area contributed by atoms with Crippen molar-refractivity contribution in [2.45, 2.75) is 11.7 Å². The maximum absolute atomic E-state index is 6.24. The second-order valence-electron chi connectivity index (χ2n) is 4.42. The molecule has 0 aliphatic heterocycles. The van der Waals surface area contributed by atoms with Crippen LogP contribution in [0.4, 0.5) is 0 Å². The van der Waals surface area contributed by atoms with E-state index >= 15 is 0 Å². The lowest BCUT2D eigenvalue weighted by Gasteiger charge is -2.17. The third kappa shape index (κ3) is 5.04. The van der Waals surface area contributed by atoms with Crippen molar-refractivity contribution >= 4 is 63.1 Å². The number of rotatable bonds is 4. The summed E-state index contributed by atoms with van der Waals surface area (Å²) in [6.07, 6.45) is 0.708. The quantitative estimate of drug-likeness (QED) is 0.672. The van der Waals surface area contributed by atoms with Crippen LogP contribution in [0.3, 0.4) is 0 Å². The molecule has 110 valence electrons. The van der Waals surface area contributed by atoms with E-state index in [1.165, 1.54) is 11.8 Å². The van der Waals surface area contributed by atoms with Crippen LogP contribution in [0.1, 0.15) is 16.4 Å². The zero-order chi connectivity index (χ0) is 15.4. The molecular weight excluding hydrogens is 365 g/mol. The molecule has 1 atom stereocenters. The molecule has 0 aromatic heterocycles. The monoisotopic (exact) mass is 375 g/mol. The Kier molecular flexibility index (Phi) is 6.20. The van der Waals surface area contributed by atoms with E-state index in [0.717, 1.165) is 11.1 Å². The first-order valence-electron chi connectivity index (χ1n) is 6.11. The molecule has 0 spiro atoms. The minimum atomic E-state index is 0.0819. The molecule has 1 nitrogen and oxygen atoms in total. The topological polar surface area (TPSA) is 26.0 Å². The van der Waals surface area contributed by atoms with E-state index in [9.17, 15) is 0 Å². The van der Waals surface area contributed by atoms with Crippen LogP contribution in [0.25, 0.3) is 0 Å². The van der Waals surface area contributed by atoms with E-state index in [-0.39, 0.29) is 5.25 Å². The molecule has 0 saturated carbocycles. The van der Waals surface area contributed by atoms with E-state index in [0.29, 0.717) is 25.8 Å². The van der Waals surface area contributed by atoms with Gasteiger partial charge in [-0.2, -0.15) is 0 Å². The largest absolute Gasteiger partial charge is 0.385 e. The fourth-order valence-corrected chi connectivity index (χ4v) is 3.73. The van der Waals surface area contributed by atoms with Crippen LogP contribution in [0.15, 0.2) is 42.5 Å². The highest BCUT2D eigenvalue weighted by atomic mass is 35.5. The molecule has 0 heterocycles. The first-order chi connectivity index (χ1) is 9.95.